The third-order valence-electron chi connectivity index (χ3n) is 4.60. The fraction of sp³-hybridized carbons (Fsp3) is 0.944. The van der Waals surface area contributed by atoms with E-state index in [9.17, 15) is 4.79 Å². The van der Waals surface area contributed by atoms with Crippen molar-refractivity contribution in [2.45, 2.75) is 103 Å². The van der Waals surface area contributed by atoms with Gasteiger partial charge in [-0.3, -0.25) is 4.79 Å². The second-order valence-corrected chi connectivity index (χ2v) is 6.28. The van der Waals surface area contributed by atoms with Crippen LogP contribution in [0.3, 0.4) is 0 Å². The molecule has 1 saturated carbocycles. The van der Waals surface area contributed by atoms with E-state index in [-0.39, 0.29) is 0 Å². The Morgan fingerprint density at radius 3 is 2.00 bits per heavy atom. The minimum Gasteiger partial charge on any atom is -0.368 e. The van der Waals surface area contributed by atoms with E-state index in [1.54, 1.807) is 0 Å². The normalized spacial score (nSPS) is 17.5. The molecule has 0 amide bonds. The Kier molecular flexibility index (Phi) is 9.17. The second kappa shape index (κ2) is 10.4. The fourth-order valence-corrected chi connectivity index (χ4v) is 3.37. The van der Waals surface area contributed by atoms with Crippen molar-refractivity contribution in [3.8, 4) is 0 Å². The maximum absolute atomic E-state index is 12.4. The zero-order valence-corrected chi connectivity index (χ0v) is 13.7. The van der Waals surface area contributed by atoms with E-state index in [0.29, 0.717) is 12.4 Å². The summed E-state index contributed by atoms with van der Waals surface area (Å²) in [4.78, 5) is 12.4. The predicted molar refractivity (Wildman–Crippen MR) is 85.1 cm³/mol. The van der Waals surface area contributed by atoms with Gasteiger partial charge in [0, 0.05) is 13.0 Å². The number of ether oxygens (including phenoxy) is 1. The maximum atomic E-state index is 12.4. The number of rotatable bonds is 12. The summed E-state index contributed by atoms with van der Waals surface area (Å²) in [6.45, 7) is 4.93. The van der Waals surface area contributed by atoms with Crippen LogP contribution in [0.1, 0.15) is 97.3 Å². The Labute approximate surface area is 125 Å². The lowest BCUT2D eigenvalue weighted by Gasteiger charge is -2.27. The Morgan fingerprint density at radius 1 is 0.900 bits per heavy atom. The lowest BCUT2D eigenvalue weighted by molar-refractivity contribution is -0.143. The molecule has 0 radical (unpaired) electrons. The van der Waals surface area contributed by atoms with Crippen LogP contribution in [0.25, 0.3) is 0 Å². The first kappa shape index (κ1) is 17.7. The van der Waals surface area contributed by atoms with E-state index in [2.05, 4.69) is 6.92 Å². The first-order valence-corrected chi connectivity index (χ1v) is 8.92. The Morgan fingerprint density at radius 2 is 1.45 bits per heavy atom. The van der Waals surface area contributed by atoms with Crippen LogP contribution in [0, 0.1) is 0 Å². The van der Waals surface area contributed by atoms with Crippen molar-refractivity contribution in [3.05, 3.63) is 0 Å². The van der Waals surface area contributed by atoms with Crippen LogP contribution in [0.4, 0.5) is 0 Å². The first-order valence-electron chi connectivity index (χ1n) is 8.92. The van der Waals surface area contributed by atoms with Gasteiger partial charge in [-0.05, 0) is 39.0 Å². The summed E-state index contributed by atoms with van der Waals surface area (Å²) in [6, 6.07) is 0. The molecule has 0 aromatic carbocycles. The monoisotopic (exact) mass is 282 g/mol. The summed E-state index contributed by atoms with van der Waals surface area (Å²) in [5, 5.41) is 0. The van der Waals surface area contributed by atoms with Gasteiger partial charge in [0.25, 0.3) is 0 Å². The number of ketones is 1. The molecule has 0 N–H and O–H groups in total. The van der Waals surface area contributed by atoms with Gasteiger partial charge < -0.3 is 4.74 Å². The number of hydrogen-bond acceptors (Lipinski definition) is 2. The number of carbonyl (C=O) groups is 1. The molecule has 0 bridgehead atoms. The molecule has 20 heavy (non-hydrogen) atoms. The number of unbranched alkanes of at least 4 members (excludes halogenated alkanes) is 7. The van der Waals surface area contributed by atoms with E-state index in [1.807, 2.05) is 6.92 Å². The third-order valence-corrected chi connectivity index (χ3v) is 4.60. The topological polar surface area (TPSA) is 26.3 Å². The van der Waals surface area contributed by atoms with E-state index in [4.69, 9.17) is 4.74 Å². The van der Waals surface area contributed by atoms with Crippen LogP contribution in [0.2, 0.25) is 0 Å². The quantitative estimate of drug-likeness (QED) is 0.446. The molecule has 1 rings (SSSR count). The van der Waals surface area contributed by atoms with Gasteiger partial charge in [-0.1, -0.05) is 51.9 Å². The number of hydrogen-bond donors (Lipinski definition) is 0. The molecule has 0 aliphatic heterocycles. The van der Waals surface area contributed by atoms with Gasteiger partial charge >= 0.3 is 0 Å². The van der Waals surface area contributed by atoms with Crippen molar-refractivity contribution < 1.29 is 9.53 Å². The zero-order valence-electron chi connectivity index (χ0n) is 13.7. The van der Waals surface area contributed by atoms with E-state index < -0.39 is 5.60 Å². The molecule has 1 aliphatic rings. The van der Waals surface area contributed by atoms with E-state index in [0.717, 1.165) is 38.5 Å². The Bertz CT molecular complexity index is 254. The first-order chi connectivity index (χ1) is 9.75. The summed E-state index contributed by atoms with van der Waals surface area (Å²) < 4.78 is 5.83. The van der Waals surface area contributed by atoms with Crippen molar-refractivity contribution >= 4 is 5.78 Å². The molecule has 2 heteroatoms. The number of Topliss-reactive ketones (excluding diaryl/α,β-unsaturated/α-hetero) is 1. The van der Waals surface area contributed by atoms with Crippen molar-refractivity contribution in [3.63, 3.8) is 0 Å². The highest BCUT2D eigenvalue weighted by Crippen LogP contribution is 2.35. The van der Waals surface area contributed by atoms with Crippen molar-refractivity contribution in [2.75, 3.05) is 6.61 Å². The van der Waals surface area contributed by atoms with Gasteiger partial charge in [-0.15, -0.1) is 0 Å². The van der Waals surface area contributed by atoms with Crippen LogP contribution in [0.15, 0.2) is 0 Å². The average Bonchev–Trinajstić information content (AvgIpc) is 2.92. The summed E-state index contributed by atoms with van der Waals surface area (Å²) >= 11 is 0. The minimum absolute atomic E-state index is 0.378. The third kappa shape index (κ3) is 5.95. The van der Waals surface area contributed by atoms with Crippen LogP contribution in [-0.2, 0) is 9.53 Å². The summed E-state index contributed by atoms with van der Waals surface area (Å²) in [5.41, 5.74) is -0.393. The highest BCUT2D eigenvalue weighted by Gasteiger charge is 2.40. The van der Waals surface area contributed by atoms with Gasteiger partial charge in [0.1, 0.15) is 5.60 Å². The van der Waals surface area contributed by atoms with E-state index >= 15 is 0 Å². The minimum atomic E-state index is -0.393. The molecule has 0 aromatic rings. The van der Waals surface area contributed by atoms with Crippen molar-refractivity contribution in [1.29, 1.82) is 0 Å². The summed E-state index contributed by atoms with van der Waals surface area (Å²) in [5.74, 6) is 0.378. The lowest BCUT2D eigenvalue weighted by Crippen LogP contribution is -2.38. The maximum Gasteiger partial charge on any atom is 0.164 e. The summed E-state index contributed by atoms with van der Waals surface area (Å²) in [6.07, 6.45) is 15.3. The van der Waals surface area contributed by atoms with Gasteiger partial charge in [-0.2, -0.15) is 0 Å². The molecule has 0 unspecified atom stereocenters. The standard InChI is InChI=1S/C18H34O2/c1-3-5-6-7-8-9-10-11-14-17(19)18(20-4-2)15-12-13-16-18/h3-16H2,1-2H3. The fourth-order valence-electron chi connectivity index (χ4n) is 3.37. The smallest absolute Gasteiger partial charge is 0.164 e. The summed E-state index contributed by atoms with van der Waals surface area (Å²) in [7, 11) is 0. The highest BCUT2D eigenvalue weighted by atomic mass is 16.5. The molecule has 1 fully saturated rings. The molecule has 118 valence electrons. The predicted octanol–water partition coefficient (Wildman–Crippen LogP) is 5.44. The molecule has 0 saturated heterocycles. The SMILES string of the molecule is CCCCCCCCCCC(=O)C1(OCC)CCCC1. The second-order valence-electron chi connectivity index (χ2n) is 6.28. The molecule has 1 aliphatic carbocycles. The lowest BCUT2D eigenvalue weighted by atomic mass is 9.92. The highest BCUT2D eigenvalue weighted by molar-refractivity contribution is 5.87. The van der Waals surface area contributed by atoms with Gasteiger partial charge in [-0.25, -0.2) is 0 Å². The molecule has 0 aromatic heterocycles. The molecule has 0 heterocycles. The van der Waals surface area contributed by atoms with Crippen LogP contribution in [-0.4, -0.2) is 18.0 Å². The van der Waals surface area contributed by atoms with Gasteiger partial charge in [0.15, 0.2) is 5.78 Å². The van der Waals surface area contributed by atoms with Crippen LogP contribution >= 0.6 is 0 Å². The van der Waals surface area contributed by atoms with Crippen LogP contribution in [0.5, 0.6) is 0 Å². The molecular formula is C18H34O2. The van der Waals surface area contributed by atoms with Crippen molar-refractivity contribution in [1.82, 2.24) is 0 Å². The molecular weight excluding hydrogens is 248 g/mol. The van der Waals surface area contributed by atoms with Crippen molar-refractivity contribution in [2.24, 2.45) is 0 Å². The number of carbonyl (C=O) groups excluding carboxylic acids is 1. The largest absolute Gasteiger partial charge is 0.368 e. The van der Waals surface area contributed by atoms with Gasteiger partial charge in [0.05, 0.1) is 0 Å². The average molecular weight is 282 g/mol. The Hall–Kier alpha value is -0.370. The van der Waals surface area contributed by atoms with E-state index in [1.165, 1.54) is 44.9 Å². The molecule has 0 atom stereocenters. The Balaban J connectivity index is 2.09. The molecule has 0 spiro atoms. The van der Waals surface area contributed by atoms with Gasteiger partial charge in [0.2, 0.25) is 0 Å². The molecule has 2 nitrogen and oxygen atoms in total. The zero-order chi connectivity index (χ0) is 14.7. The van der Waals surface area contributed by atoms with Crippen LogP contribution < -0.4 is 0 Å².